The van der Waals surface area contributed by atoms with Crippen LogP contribution in [-0.4, -0.2) is 29.5 Å². The third-order valence-electron chi connectivity index (χ3n) is 4.31. The number of benzene rings is 1. The number of halogens is 1. The van der Waals surface area contributed by atoms with Gasteiger partial charge in [0.25, 0.3) is 0 Å². The van der Waals surface area contributed by atoms with E-state index in [1.54, 1.807) is 0 Å². The van der Waals surface area contributed by atoms with Crippen molar-refractivity contribution in [2.45, 2.75) is 32.6 Å². The van der Waals surface area contributed by atoms with Gasteiger partial charge in [0.15, 0.2) is 0 Å². The summed E-state index contributed by atoms with van der Waals surface area (Å²) in [5.74, 6) is 0. The van der Waals surface area contributed by atoms with E-state index in [-0.39, 0.29) is 12.4 Å². The Morgan fingerprint density at radius 1 is 1.19 bits per heavy atom. The Balaban J connectivity index is 0.00000161. The molecule has 114 valence electrons. The Hall–Kier alpha value is -1.25. The number of H-pyrrole nitrogens is 1. The number of unbranched alkanes of at least 4 members (excludes halogenated alkanes) is 2. The average molecular weight is 305 g/mol. The van der Waals surface area contributed by atoms with Crippen molar-refractivity contribution in [2.24, 2.45) is 0 Å². The minimum atomic E-state index is 0. The monoisotopic (exact) mass is 304 g/mol. The molecule has 3 heteroatoms. The summed E-state index contributed by atoms with van der Waals surface area (Å²) in [7, 11) is 0. The molecule has 0 aliphatic carbocycles. The Morgan fingerprint density at radius 2 is 2.05 bits per heavy atom. The predicted molar refractivity (Wildman–Crippen MR) is 94.1 cm³/mol. The second-order valence-electron chi connectivity index (χ2n) is 5.74. The van der Waals surface area contributed by atoms with E-state index >= 15 is 0 Å². The molecule has 1 aliphatic heterocycles. The molecule has 2 heterocycles. The fourth-order valence-corrected chi connectivity index (χ4v) is 3.08. The van der Waals surface area contributed by atoms with E-state index in [0.29, 0.717) is 0 Å². The first-order chi connectivity index (χ1) is 9.88. The predicted octanol–water partition coefficient (Wildman–Crippen LogP) is 4.87. The maximum Gasteiger partial charge on any atom is 0.0460 e. The zero-order chi connectivity index (χ0) is 13.8. The van der Waals surface area contributed by atoms with Crippen molar-refractivity contribution in [2.75, 3.05) is 19.6 Å². The fourth-order valence-electron chi connectivity index (χ4n) is 3.08. The molecule has 2 nitrogen and oxygen atoms in total. The van der Waals surface area contributed by atoms with Crippen LogP contribution < -0.4 is 0 Å². The van der Waals surface area contributed by atoms with E-state index in [1.165, 1.54) is 60.8 Å². The van der Waals surface area contributed by atoms with E-state index in [1.807, 2.05) is 0 Å². The summed E-state index contributed by atoms with van der Waals surface area (Å²) in [5.41, 5.74) is 4.15. The molecule has 0 amide bonds. The Labute approximate surface area is 133 Å². The van der Waals surface area contributed by atoms with Gasteiger partial charge in [-0.2, -0.15) is 0 Å². The lowest BCUT2D eigenvalue weighted by molar-refractivity contribution is 0.295. The van der Waals surface area contributed by atoms with Gasteiger partial charge < -0.3 is 4.98 Å². The molecule has 0 saturated heterocycles. The normalized spacial score (nSPS) is 15.8. The molecule has 0 fully saturated rings. The van der Waals surface area contributed by atoms with Crippen LogP contribution in [0, 0.1) is 0 Å². The van der Waals surface area contributed by atoms with Crippen molar-refractivity contribution in [3.63, 3.8) is 0 Å². The Morgan fingerprint density at radius 3 is 2.81 bits per heavy atom. The van der Waals surface area contributed by atoms with E-state index in [9.17, 15) is 0 Å². The molecule has 0 spiro atoms. The highest BCUT2D eigenvalue weighted by molar-refractivity contribution is 5.92. The van der Waals surface area contributed by atoms with Gasteiger partial charge in [0.1, 0.15) is 0 Å². The SMILES string of the molecule is CCCCCN1CC=C(c2c[nH]c3ccccc23)CC1.Cl. The number of nitrogens with zero attached hydrogens (tertiary/aromatic N) is 1. The molecule has 3 rings (SSSR count). The molecule has 0 bridgehead atoms. The Bertz CT molecular complexity index is 600. The second-order valence-corrected chi connectivity index (χ2v) is 5.74. The largest absolute Gasteiger partial charge is 0.361 e. The first-order valence-corrected chi connectivity index (χ1v) is 7.86. The zero-order valence-corrected chi connectivity index (χ0v) is 13.6. The standard InChI is InChI=1S/C18H24N2.ClH/c1-2-3-6-11-20-12-9-15(10-13-20)17-14-19-18-8-5-4-7-16(17)18;/h4-5,7-9,14,19H,2-3,6,10-13H2,1H3;1H. The van der Waals surface area contributed by atoms with Crippen molar-refractivity contribution >= 4 is 28.9 Å². The lowest BCUT2D eigenvalue weighted by atomic mass is 9.99. The maximum absolute atomic E-state index is 3.38. The third-order valence-corrected chi connectivity index (χ3v) is 4.31. The molecule has 0 saturated carbocycles. The molecule has 0 atom stereocenters. The zero-order valence-electron chi connectivity index (χ0n) is 12.8. The first kappa shape index (κ1) is 16.1. The van der Waals surface area contributed by atoms with Gasteiger partial charge >= 0.3 is 0 Å². The number of hydrogen-bond acceptors (Lipinski definition) is 1. The van der Waals surface area contributed by atoms with Crippen molar-refractivity contribution < 1.29 is 0 Å². The lowest BCUT2D eigenvalue weighted by Crippen LogP contribution is -2.29. The summed E-state index contributed by atoms with van der Waals surface area (Å²) >= 11 is 0. The molecule has 1 aromatic carbocycles. The molecular formula is C18H25ClN2. The van der Waals surface area contributed by atoms with Crippen LogP contribution in [0.2, 0.25) is 0 Å². The molecule has 1 N–H and O–H groups in total. The second kappa shape index (κ2) is 7.67. The van der Waals surface area contributed by atoms with E-state index in [2.05, 4.69) is 53.3 Å². The summed E-state index contributed by atoms with van der Waals surface area (Å²) < 4.78 is 0. The molecule has 1 aromatic heterocycles. The Kier molecular flexibility index (Phi) is 5.89. The fraction of sp³-hybridized carbons (Fsp3) is 0.444. The number of fused-ring (bicyclic) bond motifs is 1. The average Bonchev–Trinajstić information content (AvgIpc) is 2.92. The number of rotatable bonds is 5. The summed E-state index contributed by atoms with van der Waals surface area (Å²) in [6.07, 6.45) is 9.77. The minimum Gasteiger partial charge on any atom is -0.361 e. The number of aromatic nitrogens is 1. The van der Waals surface area contributed by atoms with Gasteiger partial charge in [-0.1, -0.05) is 44.0 Å². The molecular weight excluding hydrogens is 280 g/mol. The number of aromatic amines is 1. The van der Waals surface area contributed by atoms with Crippen molar-refractivity contribution in [1.82, 2.24) is 9.88 Å². The van der Waals surface area contributed by atoms with Crippen LogP contribution in [0.5, 0.6) is 0 Å². The smallest absolute Gasteiger partial charge is 0.0460 e. The highest BCUT2D eigenvalue weighted by Crippen LogP contribution is 2.29. The minimum absolute atomic E-state index is 0. The summed E-state index contributed by atoms with van der Waals surface area (Å²) in [4.78, 5) is 5.96. The van der Waals surface area contributed by atoms with Gasteiger partial charge in [0.05, 0.1) is 0 Å². The van der Waals surface area contributed by atoms with Crippen LogP contribution in [0.3, 0.4) is 0 Å². The molecule has 1 aliphatic rings. The van der Waals surface area contributed by atoms with Gasteiger partial charge in [-0.05, 0) is 31.0 Å². The first-order valence-electron chi connectivity index (χ1n) is 7.86. The van der Waals surface area contributed by atoms with Crippen LogP contribution in [0.4, 0.5) is 0 Å². The maximum atomic E-state index is 3.38. The number of para-hydroxylation sites is 1. The van der Waals surface area contributed by atoms with Crippen LogP contribution in [0.15, 0.2) is 36.5 Å². The number of hydrogen-bond donors (Lipinski definition) is 1. The van der Waals surface area contributed by atoms with Gasteiger partial charge in [-0.25, -0.2) is 0 Å². The van der Waals surface area contributed by atoms with E-state index in [4.69, 9.17) is 0 Å². The van der Waals surface area contributed by atoms with Gasteiger partial charge in [-0.3, -0.25) is 4.90 Å². The van der Waals surface area contributed by atoms with Gasteiger partial charge in [0, 0.05) is 35.8 Å². The van der Waals surface area contributed by atoms with Crippen molar-refractivity contribution in [3.8, 4) is 0 Å². The summed E-state index contributed by atoms with van der Waals surface area (Å²) in [5, 5.41) is 1.36. The highest BCUT2D eigenvalue weighted by atomic mass is 35.5. The molecule has 2 aromatic rings. The van der Waals surface area contributed by atoms with Gasteiger partial charge in [-0.15, -0.1) is 12.4 Å². The molecule has 0 radical (unpaired) electrons. The van der Waals surface area contributed by atoms with Crippen molar-refractivity contribution in [3.05, 3.63) is 42.1 Å². The third kappa shape index (κ3) is 3.69. The lowest BCUT2D eigenvalue weighted by Gasteiger charge is -2.26. The quantitative estimate of drug-likeness (QED) is 0.781. The van der Waals surface area contributed by atoms with Crippen molar-refractivity contribution in [1.29, 1.82) is 0 Å². The molecule has 0 unspecified atom stereocenters. The van der Waals surface area contributed by atoms with Crippen LogP contribution in [-0.2, 0) is 0 Å². The van der Waals surface area contributed by atoms with Gasteiger partial charge in [0.2, 0.25) is 0 Å². The highest BCUT2D eigenvalue weighted by Gasteiger charge is 2.14. The summed E-state index contributed by atoms with van der Waals surface area (Å²) in [6, 6.07) is 8.59. The van der Waals surface area contributed by atoms with Crippen LogP contribution >= 0.6 is 12.4 Å². The molecule has 21 heavy (non-hydrogen) atoms. The number of nitrogens with one attached hydrogen (secondary N) is 1. The van der Waals surface area contributed by atoms with E-state index < -0.39 is 0 Å². The summed E-state index contributed by atoms with van der Waals surface area (Å²) in [6.45, 7) is 5.84. The van der Waals surface area contributed by atoms with Crippen LogP contribution in [0.25, 0.3) is 16.5 Å². The topological polar surface area (TPSA) is 19.0 Å². The van der Waals surface area contributed by atoms with Crippen LogP contribution in [0.1, 0.15) is 38.2 Å². The van der Waals surface area contributed by atoms with E-state index in [0.717, 1.165) is 6.54 Å².